The Bertz CT molecular complexity index is 1350. The fourth-order valence-corrected chi connectivity index (χ4v) is 4.65. The highest BCUT2D eigenvalue weighted by atomic mass is 16.5. The van der Waals surface area contributed by atoms with Gasteiger partial charge in [0.25, 0.3) is 0 Å². The van der Waals surface area contributed by atoms with E-state index in [0.717, 1.165) is 57.7 Å². The van der Waals surface area contributed by atoms with E-state index in [9.17, 15) is 14.7 Å². The predicted molar refractivity (Wildman–Crippen MR) is 134 cm³/mol. The molecular weight excluding hydrogens is 438 g/mol. The van der Waals surface area contributed by atoms with E-state index in [2.05, 4.69) is 5.16 Å². The van der Waals surface area contributed by atoms with Crippen molar-refractivity contribution in [2.45, 2.75) is 44.4 Å². The molecule has 0 spiro atoms. The van der Waals surface area contributed by atoms with Crippen LogP contribution >= 0.6 is 0 Å². The second kappa shape index (κ2) is 9.34. The van der Waals surface area contributed by atoms with Gasteiger partial charge in [-0.3, -0.25) is 9.59 Å². The third kappa shape index (κ3) is 4.54. The van der Waals surface area contributed by atoms with Crippen LogP contribution in [0.5, 0.6) is 0 Å². The number of Topliss-reactive ketones (excluding diaryl/α,β-unsaturated/α-hetero) is 1. The number of carbonyl (C=O) groups excluding carboxylic acids is 1. The van der Waals surface area contributed by atoms with Crippen LogP contribution in [0.25, 0.3) is 22.5 Å². The van der Waals surface area contributed by atoms with Crippen molar-refractivity contribution in [3.63, 3.8) is 0 Å². The van der Waals surface area contributed by atoms with Crippen molar-refractivity contribution in [2.75, 3.05) is 0 Å². The van der Waals surface area contributed by atoms with Gasteiger partial charge in [0, 0.05) is 23.1 Å². The summed E-state index contributed by atoms with van der Waals surface area (Å²) in [6.07, 6.45) is 3.33. The Morgan fingerprint density at radius 1 is 0.886 bits per heavy atom. The smallest absolute Gasteiger partial charge is 0.314 e. The zero-order valence-electron chi connectivity index (χ0n) is 19.7. The summed E-state index contributed by atoms with van der Waals surface area (Å²) in [6, 6.07) is 25.3. The van der Waals surface area contributed by atoms with Crippen molar-refractivity contribution in [3.8, 4) is 22.5 Å². The van der Waals surface area contributed by atoms with Gasteiger partial charge in [-0.15, -0.1) is 0 Å². The van der Waals surface area contributed by atoms with Crippen LogP contribution in [0.3, 0.4) is 0 Å². The van der Waals surface area contributed by atoms with Crippen LogP contribution in [0.4, 0.5) is 0 Å². The van der Waals surface area contributed by atoms with E-state index in [-0.39, 0.29) is 5.78 Å². The topological polar surface area (TPSA) is 80.4 Å². The normalized spacial score (nSPS) is 14.0. The predicted octanol–water partition coefficient (Wildman–Crippen LogP) is 6.64. The zero-order valence-corrected chi connectivity index (χ0v) is 19.7. The molecule has 1 aliphatic carbocycles. The first-order chi connectivity index (χ1) is 17.0. The Kier molecular flexibility index (Phi) is 6.08. The molecule has 1 aromatic heterocycles. The Balaban J connectivity index is 1.28. The lowest BCUT2D eigenvalue weighted by atomic mass is 9.93. The molecular formula is C30H27NO4. The lowest BCUT2D eigenvalue weighted by Crippen LogP contribution is -2.19. The highest BCUT2D eigenvalue weighted by molar-refractivity contribution is 5.96. The molecule has 0 atom stereocenters. The van der Waals surface area contributed by atoms with E-state index < -0.39 is 11.4 Å². The van der Waals surface area contributed by atoms with Gasteiger partial charge in [-0.1, -0.05) is 84.0 Å². The van der Waals surface area contributed by atoms with Crippen LogP contribution in [-0.4, -0.2) is 22.0 Å². The van der Waals surface area contributed by atoms with Crippen LogP contribution in [-0.2, 0) is 16.6 Å². The van der Waals surface area contributed by atoms with Crippen molar-refractivity contribution < 1.29 is 19.2 Å². The number of rotatable bonds is 9. The van der Waals surface area contributed by atoms with E-state index in [1.54, 1.807) is 0 Å². The lowest BCUT2D eigenvalue weighted by Gasteiger charge is -2.11. The Hall–Kier alpha value is -3.99. The quantitative estimate of drug-likeness (QED) is 0.280. The summed E-state index contributed by atoms with van der Waals surface area (Å²) in [5.41, 5.74) is 5.84. The third-order valence-electron chi connectivity index (χ3n) is 6.99. The van der Waals surface area contributed by atoms with Gasteiger partial charge in [-0.2, -0.15) is 0 Å². The van der Waals surface area contributed by atoms with Crippen molar-refractivity contribution in [2.24, 2.45) is 0 Å². The summed E-state index contributed by atoms with van der Waals surface area (Å²) in [4.78, 5) is 24.0. The van der Waals surface area contributed by atoms with E-state index in [1.807, 2.05) is 85.8 Å². The van der Waals surface area contributed by atoms with Crippen molar-refractivity contribution >= 4 is 11.8 Å². The van der Waals surface area contributed by atoms with E-state index >= 15 is 0 Å². The van der Waals surface area contributed by atoms with E-state index in [0.29, 0.717) is 19.3 Å². The summed E-state index contributed by atoms with van der Waals surface area (Å²) in [5, 5.41) is 13.7. The number of carboxylic acids is 1. The van der Waals surface area contributed by atoms with Crippen molar-refractivity contribution in [1.29, 1.82) is 0 Å². The average Bonchev–Trinajstić information content (AvgIpc) is 3.63. The molecule has 0 bridgehead atoms. The number of carboxylic acid groups (broad SMARTS) is 1. The van der Waals surface area contributed by atoms with Crippen molar-refractivity contribution in [1.82, 2.24) is 5.16 Å². The van der Waals surface area contributed by atoms with Crippen LogP contribution < -0.4 is 0 Å². The Labute approximate surface area is 204 Å². The molecule has 5 heteroatoms. The number of hydrogen-bond donors (Lipinski definition) is 1. The van der Waals surface area contributed by atoms with Gasteiger partial charge in [-0.25, -0.2) is 0 Å². The van der Waals surface area contributed by atoms with Crippen LogP contribution in [0.1, 0.15) is 52.9 Å². The number of nitrogens with zero attached hydrogens (tertiary/aromatic N) is 1. The fraction of sp³-hybridized carbons (Fsp3) is 0.233. The second-order valence-electron chi connectivity index (χ2n) is 9.26. The van der Waals surface area contributed by atoms with Gasteiger partial charge in [-0.05, 0) is 49.3 Å². The molecule has 5 rings (SSSR count). The van der Waals surface area contributed by atoms with E-state index in [4.69, 9.17) is 4.52 Å². The molecule has 35 heavy (non-hydrogen) atoms. The molecule has 0 radical (unpaired) electrons. The van der Waals surface area contributed by atoms with Gasteiger partial charge in [0.15, 0.2) is 11.5 Å². The molecule has 176 valence electrons. The van der Waals surface area contributed by atoms with Gasteiger partial charge in [0.05, 0.1) is 11.1 Å². The van der Waals surface area contributed by atoms with Gasteiger partial charge >= 0.3 is 5.97 Å². The van der Waals surface area contributed by atoms with Crippen LogP contribution in [0.2, 0.25) is 0 Å². The number of carbonyl (C=O) groups is 2. The third-order valence-corrected chi connectivity index (χ3v) is 6.99. The molecule has 1 fully saturated rings. The second-order valence-corrected chi connectivity index (χ2v) is 9.26. The van der Waals surface area contributed by atoms with E-state index in [1.165, 1.54) is 0 Å². The molecule has 0 saturated heterocycles. The summed E-state index contributed by atoms with van der Waals surface area (Å²) < 4.78 is 5.66. The maximum atomic E-state index is 12.4. The summed E-state index contributed by atoms with van der Waals surface area (Å²) >= 11 is 0. The first-order valence-electron chi connectivity index (χ1n) is 12.0. The summed E-state index contributed by atoms with van der Waals surface area (Å²) in [6.45, 7) is 1.93. The van der Waals surface area contributed by atoms with Gasteiger partial charge in [0.2, 0.25) is 0 Å². The van der Waals surface area contributed by atoms with Gasteiger partial charge in [0.1, 0.15) is 0 Å². The molecule has 1 saturated carbocycles. The monoisotopic (exact) mass is 465 g/mol. The SMILES string of the molecule is Cc1noc(-c2ccc(-c3ccc(C4(C(=O)O)CC4)cc3)cc2)c1CCCC(=O)c1ccccc1. The minimum absolute atomic E-state index is 0.146. The minimum Gasteiger partial charge on any atom is -0.481 e. The summed E-state index contributed by atoms with van der Waals surface area (Å²) in [5.74, 6) is 0.151. The highest BCUT2D eigenvalue weighted by Gasteiger charge is 2.51. The fourth-order valence-electron chi connectivity index (χ4n) is 4.65. The Morgan fingerprint density at radius 3 is 2.09 bits per heavy atom. The number of aliphatic carboxylic acids is 1. The zero-order chi connectivity index (χ0) is 24.4. The standard InChI is InChI=1S/C30H27NO4/c1-20-26(8-5-9-27(32)23-6-3-2-4-7-23)28(35-31-20)24-12-10-21(11-13-24)22-14-16-25(17-15-22)30(18-19-30)29(33)34/h2-4,6-7,10-17H,5,8-9,18-19H2,1H3,(H,33,34). The molecule has 3 aromatic carbocycles. The largest absolute Gasteiger partial charge is 0.481 e. The van der Waals surface area contributed by atoms with Crippen LogP contribution in [0, 0.1) is 6.92 Å². The summed E-state index contributed by atoms with van der Waals surface area (Å²) in [7, 11) is 0. The van der Waals surface area contributed by atoms with Gasteiger partial charge < -0.3 is 9.63 Å². The molecule has 0 aliphatic heterocycles. The molecule has 0 amide bonds. The molecule has 5 nitrogen and oxygen atoms in total. The molecule has 1 heterocycles. The molecule has 1 aliphatic rings. The number of ketones is 1. The number of hydrogen-bond acceptors (Lipinski definition) is 4. The highest BCUT2D eigenvalue weighted by Crippen LogP contribution is 2.48. The maximum absolute atomic E-state index is 12.4. The average molecular weight is 466 g/mol. The molecule has 1 N–H and O–H groups in total. The van der Waals surface area contributed by atoms with Crippen molar-refractivity contribution in [3.05, 3.63) is 101 Å². The molecule has 4 aromatic rings. The maximum Gasteiger partial charge on any atom is 0.314 e. The first kappa shape index (κ1) is 22.8. The Morgan fingerprint density at radius 2 is 1.49 bits per heavy atom. The molecule has 0 unspecified atom stereocenters. The van der Waals surface area contributed by atoms with Crippen LogP contribution in [0.15, 0.2) is 83.4 Å². The minimum atomic E-state index is -0.739. The number of benzene rings is 3. The first-order valence-corrected chi connectivity index (χ1v) is 12.0. The number of aromatic nitrogens is 1. The number of aryl methyl sites for hydroxylation is 1. The lowest BCUT2D eigenvalue weighted by molar-refractivity contribution is -0.140.